The number of nitrogens with one attached hydrogen (secondary N) is 1. The molecule has 3 rings (SSSR count). The minimum Gasteiger partial charge on any atom is -0.324 e. The number of fused-ring (bicyclic) bond motifs is 1. The fourth-order valence-corrected chi connectivity index (χ4v) is 4.38. The Hall–Kier alpha value is -2.79. The van der Waals surface area contributed by atoms with Gasteiger partial charge in [-0.3, -0.25) is 13.9 Å². The first-order chi connectivity index (χ1) is 13.1. The summed E-state index contributed by atoms with van der Waals surface area (Å²) in [5.41, 5.74) is 0.613. The third-order valence-electron chi connectivity index (χ3n) is 3.94. The second-order valence-corrected chi connectivity index (χ2v) is 8.92. The van der Waals surface area contributed by atoms with Gasteiger partial charge in [0.2, 0.25) is 15.9 Å². The zero-order valence-electron chi connectivity index (χ0n) is 14.8. The summed E-state index contributed by atoms with van der Waals surface area (Å²) in [5, 5.41) is 2.52. The van der Waals surface area contributed by atoms with Crippen molar-refractivity contribution in [3.63, 3.8) is 0 Å². The number of nitrogens with zero attached hydrogens (tertiary/aromatic N) is 2. The Morgan fingerprint density at radius 2 is 1.93 bits per heavy atom. The van der Waals surface area contributed by atoms with Crippen LogP contribution in [0.25, 0.3) is 10.2 Å². The van der Waals surface area contributed by atoms with Crippen molar-refractivity contribution in [2.24, 2.45) is 7.05 Å². The minimum atomic E-state index is -4.01. The van der Waals surface area contributed by atoms with Crippen LogP contribution >= 0.6 is 11.3 Å². The zero-order valence-corrected chi connectivity index (χ0v) is 16.4. The van der Waals surface area contributed by atoms with Crippen LogP contribution in [0.1, 0.15) is 0 Å². The second-order valence-electron chi connectivity index (χ2n) is 6.02. The number of amides is 1. The maximum absolute atomic E-state index is 14.0. The molecule has 148 valence electrons. The lowest BCUT2D eigenvalue weighted by Gasteiger charge is -2.22. The second kappa shape index (κ2) is 7.32. The normalized spacial score (nSPS) is 11.6. The number of aryl methyl sites for hydroxylation is 1. The van der Waals surface area contributed by atoms with Gasteiger partial charge < -0.3 is 9.88 Å². The maximum atomic E-state index is 14.0. The van der Waals surface area contributed by atoms with E-state index in [4.69, 9.17) is 0 Å². The summed E-state index contributed by atoms with van der Waals surface area (Å²) in [5.74, 6) is -2.69. The Morgan fingerprint density at radius 3 is 2.57 bits per heavy atom. The van der Waals surface area contributed by atoms with E-state index in [1.165, 1.54) is 4.57 Å². The van der Waals surface area contributed by atoms with Crippen LogP contribution < -0.4 is 14.5 Å². The Balaban J connectivity index is 1.85. The van der Waals surface area contributed by atoms with Gasteiger partial charge in [-0.25, -0.2) is 17.2 Å². The number of carbonyl (C=O) groups excluding carboxylic acids is 1. The van der Waals surface area contributed by atoms with Gasteiger partial charge in [0, 0.05) is 18.8 Å². The first-order valence-corrected chi connectivity index (χ1v) is 10.5. The number of hydrogen-bond acceptors (Lipinski definition) is 5. The first-order valence-electron chi connectivity index (χ1n) is 7.88. The monoisotopic (exact) mass is 427 g/mol. The molecule has 2 aromatic carbocycles. The molecule has 0 spiro atoms. The molecule has 1 aromatic heterocycles. The summed E-state index contributed by atoms with van der Waals surface area (Å²) in [6, 6.07) is 7.19. The molecule has 0 saturated heterocycles. The predicted molar refractivity (Wildman–Crippen MR) is 104 cm³/mol. The Kier molecular flexibility index (Phi) is 5.22. The Morgan fingerprint density at radius 1 is 1.21 bits per heavy atom. The average molecular weight is 427 g/mol. The van der Waals surface area contributed by atoms with Crippen LogP contribution in [0.5, 0.6) is 0 Å². The van der Waals surface area contributed by atoms with Gasteiger partial charge in [0.15, 0.2) is 0 Å². The summed E-state index contributed by atoms with van der Waals surface area (Å²) < 4.78 is 53.8. The topological polar surface area (TPSA) is 88.5 Å². The molecule has 11 heteroatoms. The van der Waals surface area contributed by atoms with E-state index in [1.807, 2.05) is 0 Å². The van der Waals surface area contributed by atoms with Gasteiger partial charge in [-0.15, -0.1) is 0 Å². The third-order valence-corrected chi connectivity index (χ3v) is 6.06. The molecule has 0 radical (unpaired) electrons. The van der Waals surface area contributed by atoms with Crippen molar-refractivity contribution < 1.29 is 22.0 Å². The fourth-order valence-electron chi connectivity index (χ4n) is 2.61. The Bertz CT molecular complexity index is 1230. The van der Waals surface area contributed by atoms with Gasteiger partial charge in [-0.05, 0) is 30.3 Å². The molecule has 7 nitrogen and oxygen atoms in total. The molecule has 0 aliphatic heterocycles. The number of anilines is 2. The van der Waals surface area contributed by atoms with E-state index in [1.54, 1.807) is 25.2 Å². The molecule has 0 saturated carbocycles. The number of sulfonamides is 1. The van der Waals surface area contributed by atoms with Gasteiger partial charge in [-0.2, -0.15) is 0 Å². The zero-order chi connectivity index (χ0) is 20.6. The summed E-state index contributed by atoms with van der Waals surface area (Å²) in [4.78, 5) is 23.9. The largest absolute Gasteiger partial charge is 0.324 e. The van der Waals surface area contributed by atoms with Crippen molar-refractivity contribution in [1.29, 1.82) is 0 Å². The van der Waals surface area contributed by atoms with Crippen LogP contribution in [0.2, 0.25) is 0 Å². The van der Waals surface area contributed by atoms with Gasteiger partial charge in [0.05, 0.1) is 22.2 Å². The van der Waals surface area contributed by atoms with E-state index in [0.717, 1.165) is 29.7 Å². The highest BCUT2D eigenvalue weighted by atomic mass is 32.2. The lowest BCUT2D eigenvalue weighted by atomic mass is 10.3. The van der Waals surface area contributed by atoms with Crippen molar-refractivity contribution >= 4 is 48.9 Å². The molecule has 3 aromatic rings. The summed E-state index contributed by atoms with van der Waals surface area (Å²) in [6.07, 6.45) is 0.816. The highest BCUT2D eigenvalue weighted by molar-refractivity contribution is 7.92. The lowest BCUT2D eigenvalue weighted by Crippen LogP contribution is -2.38. The van der Waals surface area contributed by atoms with Crippen LogP contribution in [-0.4, -0.2) is 31.7 Å². The van der Waals surface area contributed by atoms with Crippen molar-refractivity contribution in [2.45, 2.75) is 0 Å². The number of benzene rings is 2. The van der Waals surface area contributed by atoms with E-state index in [2.05, 4.69) is 5.32 Å². The highest BCUT2D eigenvalue weighted by Crippen LogP contribution is 2.24. The minimum absolute atomic E-state index is 0.159. The van der Waals surface area contributed by atoms with Gasteiger partial charge in [0.25, 0.3) is 0 Å². The SMILES string of the molecule is Cn1c(=O)sc2cc(NC(=O)CN(c3ccc(F)cc3F)S(C)(=O)=O)ccc21. The fraction of sp³-hybridized carbons (Fsp3) is 0.176. The van der Waals surface area contributed by atoms with Crippen molar-refractivity contribution in [1.82, 2.24) is 4.57 Å². The molecule has 1 amide bonds. The van der Waals surface area contributed by atoms with Crippen molar-refractivity contribution in [2.75, 3.05) is 22.4 Å². The van der Waals surface area contributed by atoms with E-state index in [-0.39, 0.29) is 4.87 Å². The number of thiazole rings is 1. The van der Waals surface area contributed by atoms with Crippen molar-refractivity contribution in [3.8, 4) is 0 Å². The molecule has 0 atom stereocenters. The maximum Gasteiger partial charge on any atom is 0.307 e. The molecule has 0 fully saturated rings. The van der Waals surface area contributed by atoms with E-state index < -0.39 is 39.8 Å². The van der Waals surface area contributed by atoms with E-state index in [9.17, 15) is 26.8 Å². The molecule has 0 aliphatic carbocycles. The van der Waals surface area contributed by atoms with Crippen LogP contribution in [0, 0.1) is 11.6 Å². The van der Waals surface area contributed by atoms with Gasteiger partial charge in [0.1, 0.15) is 18.2 Å². The molecule has 1 heterocycles. The number of hydrogen-bond donors (Lipinski definition) is 1. The number of rotatable bonds is 5. The molecule has 0 aliphatic rings. The van der Waals surface area contributed by atoms with Crippen molar-refractivity contribution in [3.05, 3.63) is 57.7 Å². The van der Waals surface area contributed by atoms with E-state index in [0.29, 0.717) is 26.3 Å². The summed E-state index contributed by atoms with van der Waals surface area (Å²) in [6.45, 7) is -0.704. The molecular formula is C17H15F2N3O4S2. The molecule has 0 bridgehead atoms. The van der Waals surface area contributed by atoms with Crippen LogP contribution in [0.3, 0.4) is 0 Å². The molecule has 0 unspecified atom stereocenters. The molecular weight excluding hydrogens is 412 g/mol. The smallest absolute Gasteiger partial charge is 0.307 e. The lowest BCUT2D eigenvalue weighted by molar-refractivity contribution is -0.114. The molecule has 28 heavy (non-hydrogen) atoms. The predicted octanol–water partition coefficient (Wildman–Crippen LogP) is 2.28. The van der Waals surface area contributed by atoms with Gasteiger partial charge >= 0.3 is 4.87 Å². The Labute approximate surface area is 162 Å². The summed E-state index contributed by atoms with van der Waals surface area (Å²) in [7, 11) is -2.38. The highest BCUT2D eigenvalue weighted by Gasteiger charge is 2.24. The summed E-state index contributed by atoms with van der Waals surface area (Å²) >= 11 is 1.00. The molecule has 1 N–H and O–H groups in total. The average Bonchev–Trinajstić information content (AvgIpc) is 2.86. The number of carbonyl (C=O) groups is 1. The first kappa shape index (κ1) is 20.0. The van der Waals surface area contributed by atoms with Crippen LogP contribution in [0.15, 0.2) is 41.2 Å². The quantitative estimate of drug-likeness (QED) is 0.677. The third kappa shape index (κ3) is 4.04. The van der Waals surface area contributed by atoms with E-state index >= 15 is 0 Å². The number of aromatic nitrogens is 1. The number of halogens is 2. The standard InChI is InChI=1S/C17H15F2N3O4S2/c1-21-14-6-4-11(8-15(14)27-17(21)24)20-16(23)9-22(28(2,25)26)13-5-3-10(18)7-12(13)19/h3-8H,9H2,1-2H3,(H,20,23). The van der Waals surface area contributed by atoms with Crippen LogP contribution in [-0.2, 0) is 21.9 Å². The van der Waals surface area contributed by atoms with Gasteiger partial charge in [-0.1, -0.05) is 11.3 Å². The van der Waals surface area contributed by atoms with Crippen LogP contribution in [0.4, 0.5) is 20.2 Å².